The summed E-state index contributed by atoms with van der Waals surface area (Å²) >= 11 is 0. The second kappa shape index (κ2) is 5.30. The van der Waals surface area contributed by atoms with Gasteiger partial charge in [-0.05, 0) is 31.2 Å². The largest absolute Gasteiger partial charge is 0.495 e. The molecule has 0 saturated carbocycles. The summed E-state index contributed by atoms with van der Waals surface area (Å²) in [5.74, 6) is 1.57. The Morgan fingerprint density at radius 2 is 2.12 bits per heavy atom. The Balaban J connectivity index is 1.97. The molecule has 2 rings (SSSR count). The van der Waals surface area contributed by atoms with Crippen LogP contribution in [0, 0.1) is 6.92 Å². The van der Waals surface area contributed by atoms with E-state index in [4.69, 9.17) is 4.74 Å². The molecule has 17 heavy (non-hydrogen) atoms. The van der Waals surface area contributed by atoms with E-state index in [9.17, 15) is 0 Å². The number of ether oxygens (including phenoxy) is 1. The van der Waals surface area contributed by atoms with E-state index in [1.54, 1.807) is 13.3 Å². The number of nitrogens with one attached hydrogen (secondary N) is 1. The third kappa shape index (κ3) is 3.17. The minimum Gasteiger partial charge on any atom is -0.495 e. The van der Waals surface area contributed by atoms with Gasteiger partial charge in [-0.25, -0.2) is 4.98 Å². The van der Waals surface area contributed by atoms with Crippen LogP contribution in [0.5, 0.6) is 5.75 Å². The van der Waals surface area contributed by atoms with Crippen LogP contribution in [-0.4, -0.2) is 17.1 Å². The fourth-order valence-electron chi connectivity index (χ4n) is 1.48. The molecule has 0 radical (unpaired) electrons. The first-order chi connectivity index (χ1) is 8.28. The van der Waals surface area contributed by atoms with Crippen LogP contribution >= 0.6 is 0 Å². The molecule has 88 valence electrons. The van der Waals surface area contributed by atoms with Crippen molar-refractivity contribution in [1.29, 1.82) is 0 Å². The summed E-state index contributed by atoms with van der Waals surface area (Å²) in [6.45, 7) is 2.65. The van der Waals surface area contributed by atoms with Gasteiger partial charge in [0.15, 0.2) is 0 Å². The lowest BCUT2D eigenvalue weighted by Gasteiger charge is -2.06. The molecule has 0 amide bonds. The second-order valence-electron chi connectivity index (χ2n) is 3.71. The molecular weight excluding hydrogens is 214 g/mol. The number of aromatic nitrogens is 2. The van der Waals surface area contributed by atoms with E-state index in [-0.39, 0.29) is 0 Å². The molecule has 2 aromatic heterocycles. The van der Waals surface area contributed by atoms with Gasteiger partial charge in [0.1, 0.15) is 11.6 Å². The molecule has 0 bridgehead atoms. The number of rotatable bonds is 4. The maximum Gasteiger partial charge on any atom is 0.137 e. The van der Waals surface area contributed by atoms with Gasteiger partial charge in [-0.2, -0.15) is 0 Å². The average molecular weight is 229 g/mol. The molecule has 2 aromatic rings. The second-order valence-corrected chi connectivity index (χ2v) is 3.71. The first kappa shape index (κ1) is 11.4. The zero-order valence-electron chi connectivity index (χ0n) is 9.97. The zero-order valence-corrected chi connectivity index (χ0v) is 9.97. The van der Waals surface area contributed by atoms with Crippen molar-refractivity contribution in [3.63, 3.8) is 0 Å². The van der Waals surface area contributed by atoms with Gasteiger partial charge in [-0.15, -0.1) is 0 Å². The lowest BCUT2D eigenvalue weighted by Crippen LogP contribution is -2.03. The van der Waals surface area contributed by atoms with Crippen molar-refractivity contribution in [3.8, 4) is 5.75 Å². The molecule has 0 aliphatic heterocycles. The van der Waals surface area contributed by atoms with Crippen molar-refractivity contribution in [2.45, 2.75) is 13.5 Å². The fraction of sp³-hybridized carbons (Fsp3) is 0.231. The van der Waals surface area contributed by atoms with Crippen LogP contribution in [0.4, 0.5) is 5.82 Å². The van der Waals surface area contributed by atoms with Crippen LogP contribution in [0.15, 0.2) is 36.5 Å². The van der Waals surface area contributed by atoms with Crippen LogP contribution in [-0.2, 0) is 6.54 Å². The van der Waals surface area contributed by atoms with Crippen LogP contribution in [0.3, 0.4) is 0 Å². The maximum atomic E-state index is 5.05. The molecule has 2 heterocycles. The standard InChI is InChI=1S/C13H15N3O/c1-10-4-3-5-11(16-10)8-14-13-7-6-12(17-2)9-15-13/h3-7,9H,8H2,1-2H3,(H,14,15). The number of hydrogen-bond acceptors (Lipinski definition) is 4. The molecule has 4 nitrogen and oxygen atoms in total. The van der Waals surface area contributed by atoms with Crippen LogP contribution in [0.1, 0.15) is 11.4 Å². The van der Waals surface area contributed by atoms with E-state index >= 15 is 0 Å². The Morgan fingerprint density at radius 1 is 1.24 bits per heavy atom. The predicted octanol–water partition coefficient (Wildman–Crippen LogP) is 2.41. The molecule has 0 aromatic carbocycles. The van der Waals surface area contributed by atoms with E-state index in [1.807, 2.05) is 37.3 Å². The summed E-state index contributed by atoms with van der Waals surface area (Å²) in [6.07, 6.45) is 1.69. The van der Waals surface area contributed by atoms with Gasteiger partial charge in [0, 0.05) is 5.69 Å². The van der Waals surface area contributed by atoms with Gasteiger partial charge in [0.25, 0.3) is 0 Å². The molecule has 0 aliphatic rings. The average Bonchev–Trinajstić information content (AvgIpc) is 2.37. The minimum absolute atomic E-state index is 0.668. The summed E-state index contributed by atoms with van der Waals surface area (Å²) < 4.78 is 5.05. The summed E-state index contributed by atoms with van der Waals surface area (Å²) in [5, 5.41) is 3.21. The van der Waals surface area contributed by atoms with Gasteiger partial charge < -0.3 is 10.1 Å². The van der Waals surface area contributed by atoms with Crippen LogP contribution < -0.4 is 10.1 Å². The van der Waals surface area contributed by atoms with E-state index < -0.39 is 0 Å². The van der Waals surface area contributed by atoms with Crippen molar-refractivity contribution in [3.05, 3.63) is 47.9 Å². The van der Waals surface area contributed by atoms with Gasteiger partial charge in [0.05, 0.1) is 25.5 Å². The molecule has 0 unspecified atom stereocenters. The van der Waals surface area contributed by atoms with Crippen LogP contribution in [0.2, 0.25) is 0 Å². The third-order valence-electron chi connectivity index (χ3n) is 2.37. The van der Waals surface area contributed by atoms with Crippen LogP contribution in [0.25, 0.3) is 0 Å². The Kier molecular flexibility index (Phi) is 3.55. The number of anilines is 1. The molecule has 0 fully saturated rings. The molecule has 0 spiro atoms. The minimum atomic E-state index is 0.668. The topological polar surface area (TPSA) is 47.0 Å². The normalized spacial score (nSPS) is 10.0. The molecular formula is C13H15N3O. The first-order valence-electron chi connectivity index (χ1n) is 5.44. The number of methoxy groups -OCH3 is 1. The monoisotopic (exact) mass is 229 g/mol. The fourth-order valence-corrected chi connectivity index (χ4v) is 1.48. The lowest BCUT2D eigenvalue weighted by molar-refractivity contribution is 0.413. The highest BCUT2D eigenvalue weighted by molar-refractivity contribution is 5.37. The van der Waals surface area contributed by atoms with Gasteiger partial charge >= 0.3 is 0 Å². The van der Waals surface area contributed by atoms with E-state index in [0.717, 1.165) is 23.0 Å². The lowest BCUT2D eigenvalue weighted by atomic mass is 10.3. The Bertz CT molecular complexity index is 482. The van der Waals surface area contributed by atoms with Crippen molar-refractivity contribution >= 4 is 5.82 Å². The van der Waals surface area contributed by atoms with Crippen molar-refractivity contribution in [2.24, 2.45) is 0 Å². The number of aryl methyl sites for hydroxylation is 1. The highest BCUT2D eigenvalue weighted by atomic mass is 16.5. The highest BCUT2D eigenvalue weighted by Gasteiger charge is 1.97. The first-order valence-corrected chi connectivity index (χ1v) is 5.44. The summed E-state index contributed by atoms with van der Waals surface area (Å²) in [4.78, 5) is 8.63. The third-order valence-corrected chi connectivity index (χ3v) is 2.37. The molecule has 4 heteroatoms. The smallest absolute Gasteiger partial charge is 0.137 e. The number of hydrogen-bond donors (Lipinski definition) is 1. The quantitative estimate of drug-likeness (QED) is 0.874. The van der Waals surface area contributed by atoms with E-state index in [1.165, 1.54) is 0 Å². The molecule has 0 aliphatic carbocycles. The van der Waals surface area contributed by atoms with Crippen molar-refractivity contribution in [2.75, 3.05) is 12.4 Å². The van der Waals surface area contributed by atoms with Gasteiger partial charge in [-0.1, -0.05) is 6.07 Å². The highest BCUT2D eigenvalue weighted by Crippen LogP contribution is 2.11. The van der Waals surface area contributed by atoms with E-state index in [2.05, 4.69) is 15.3 Å². The predicted molar refractivity (Wildman–Crippen MR) is 67.1 cm³/mol. The Hall–Kier alpha value is -2.10. The Labute approximate surface area is 101 Å². The Morgan fingerprint density at radius 3 is 2.76 bits per heavy atom. The maximum absolute atomic E-state index is 5.05. The van der Waals surface area contributed by atoms with Gasteiger partial charge in [-0.3, -0.25) is 4.98 Å². The molecule has 0 atom stereocenters. The van der Waals surface area contributed by atoms with Crippen molar-refractivity contribution < 1.29 is 4.74 Å². The zero-order chi connectivity index (χ0) is 12.1. The molecule has 0 saturated heterocycles. The number of pyridine rings is 2. The SMILES string of the molecule is COc1ccc(NCc2cccc(C)n2)nc1. The number of nitrogens with zero attached hydrogens (tertiary/aromatic N) is 2. The summed E-state index contributed by atoms with van der Waals surface area (Å²) in [6, 6.07) is 9.73. The summed E-state index contributed by atoms with van der Waals surface area (Å²) in [7, 11) is 1.63. The summed E-state index contributed by atoms with van der Waals surface area (Å²) in [5.41, 5.74) is 2.02. The molecule has 1 N–H and O–H groups in total. The van der Waals surface area contributed by atoms with Crippen molar-refractivity contribution in [1.82, 2.24) is 9.97 Å². The van der Waals surface area contributed by atoms with E-state index in [0.29, 0.717) is 6.54 Å². The van der Waals surface area contributed by atoms with Gasteiger partial charge in [0.2, 0.25) is 0 Å².